The number of nitrogens with zero attached hydrogens (tertiary/aromatic N) is 1. The number of pyridine rings is 1. The van der Waals surface area contributed by atoms with Crippen molar-refractivity contribution in [1.29, 1.82) is 0 Å². The van der Waals surface area contributed by atoms with E-state index in [9.17, 15) is 0 Å². The van der Waals surface area contributed by atoms with E-state index < -0.39 is 0 Å². The van der Waals surface area contributed by atoms with E-state index in [-0.39, 0.29) is 0 Å². The lowest BCUT2D eigenvalue weighted by atomic mass is 10.1. The normalized spacial score (nSPS) is 12.4. The van der Waals surface area contributed by atoms with Gasteiger partial charge in [-0.2, -0.15) is 0 Å². The van der Waals surface area contributed by atoms with Gasteiger partial charge in [-0.05, 0) is 25.0 Å². The van der Waals surface area contributed by atoms with Gasteiger partial charge in [0.15, 0.2) is 0 Å². The predicted octanol–water partition coefficient (Wildman–Crippen LogP) is 3.43. The lowest BCUT2D eigenvalue weighted by molar-refractivity contribution is 0.573. The highest BCUT2D eigenvalue weighted by Gasteiger charge is 2.07. The van der Waals surface area contributed by atoms with Gasteiger partial charge in [0.25, 0.3) is 0 Å². The number of anilines is 2. The van der Waals surface area contributed by atoms with Gasteiger partial charge in [-0.1, -0.05) is 33.1 Å². The summed E-state index contributed by atoms with van der Waals surface area (Å²) in [6.07, 6.45) is 7.92. The SMILES string of the molecule is CCCCCC(CC)Nc1ncccc1N. The van der Waals surface area contributed by atoms with Gasteiger partial charge in [0.05, 0.1) is 5.69 Å². The van der Waals surface area contributed by atoms with Crippen LogP contribution < -0.4 is 11.1 Å². The number of aromatic nitrogens is 1. The molecule has 0 spiro atoms. The third-order valence-corrected chi connectivity index (χ3v) is 2.83. The van der Waals surface area contributed by atoms with Gasteiger partial charge < -0.3 is 11.1 Å². The molecule has 0 amide bonds. The summed E-state index contributed by atoms with van der Waals surface area (Å²) in [4.78, 5) is 4.26. The van der Waals surface area contributed by atoms with Gasteiger partial charge in [0.1, 0.15) is 5.82 Å². The van der Waals surface area contributed by atoms with E-state index in [4.69, 9.17) is 5.73 Å². The highest BCUT2D eigenvalue weighted by molar-refractivity contribution is 5.60. The highest BCUT2D eigenvalue weighted by Crippen LogP contribution is 2.17. The molecule has 0 aliphatic carbocycles. The van der Waals surface area contributed by atoms with E-state index in [0.29, 0.717) is 6.04 Å². The van der Waals surface area contributed by atoms with E-state index in [0.717, 1.165) is 17.9 Å². The molecule has 3 nitrogen and oxygen atoms in total. The lowest BCUT2D eigenvalue weighted by Gasteiger charge is -2.18. The monoisotopic (exact) mass is 221 g/mol. The van der Waals surface area contributed by atoms with Gasteiger partial charge in [0.2, 0.25) is 0 Å². The zero-order valence-electron chi connectivity index (χ0n) is 10.4. The molecular formula is C13H23N3. The van der Waals surface area contributed by atoms with Crippen LogP contribution in [0, 0.1) is 0 Å². The van der Waals surface area contributed by atoms with Crippen molar-refractivity contribution in [2.24, 2.45) is 0 Å². The molecule has 1 aromatic heterocycles. The molecule has 3 N–H and O–H groups in total. The molecule has 0 aliphatic heterocycles. The highest BCUT2D eigenvalue weighted by atomic mass is 15.0. The average Bonchev–Trinajstić information content (AvgIpc) is 2.30. The van der Waals surface area contributed by atoms with Crippen LogP contribution in [0.3, 0.4) is 0 Å². The van der Waals surface area contributed by atoms with Gasteiger partial charge >= 0.3 is 0 Å². The van der Waals surface area contributed by atoms with E-state index in [1.165, 1.54) is 25.7 Å². The van der Waals surface area contributed by atoms with Gasteiger partial charge in [-0.15, -0.1) is 0 Å². The zero-order valence-corrected chi connectivity index (χ0v) is 10.4. The smallest absolute Gasteiger partial charge is 0.149 e. The molecule has 0 fully saturated rings. The molecule has 0 saturated heterocycles. The topological polar surface area (TPSA) is 50.9 Å². The quantitative estimate of drug-likeness (QED) is 0.693. The van der Waals surface area contributed by atoms with Crippen molar-refractivity contribution in [2.75, 3.05) is 11.1 Å². The van der Waals surface area contributed by atoms with E-state index >= 15 is 0 Å². The zero-order chi connectivity index (χ0) is 11.8. The van der Waals surface area contributed by atoms with Gasteiger partial charge in [0, 0.05) is 12.2 Å². The molecule has 16 heavy (non-hydrogen) atoms. The number of hydrogen-bond acceptors (Lipinski definition) is 3. The second-order valence-corrected chi connectivity index (χ2v) is 4.19. The van der Waals surface area contributed by atoms with E-state index in [2.05, 4.69) is 24.1 Å². The summed E-state index contributed by atoms with van der Waals surface area (Å²) in [6.45, 7) is 4.42. The summed E-state index contributed by atoms with van der Waals surface area (Å²) in [6, 6.07) is 4.23. The molecule has 90 valence electrons. The largest absolute Gasteiger partial charge is 0.396 e. The maximum Gasteiger partial charge on any atom is 0.149 e. The molecule has 1 heterocycles. The molecule has 0 aliphatic rings. The first kappa shape index (κ1) is 12.8. The van der Waals surface area contributed by atoms with Crippen LogP contribution in [-0.2, 0) is 0 Å². The summed E-state index contributed by atoms with van der Waals surface area (Å²) in [5.41, 5.74) is 6.59. The van der Waals surface area contributed by atoms with Crippen molar-refractivity contribution in [1.82, 2.24) is 4.98 Å². The minimum Gasteiger partial charge on any atom is -0.396 e. The van der Waals surface area contributed by atoms with Crippen molar-refractivity contribution in [3.05, 3.63) is 18.3 Å². The third-order valence-electron chi connectivity index (χ3n) is 2.83. The molecule has 0 saturated carbocycles. The predicted molar refractivity (Wildman–Crippen MR) is 70.5 cm³/mol. The Morgan fingerprint density at radius 3 is 2.81 bits per heavy atom. The van der Waals surface area contributed by atoms with Crippen molar-refractivity contribution in [3.63, 3.8) is 0 Å². The summed E-state index contributed by atoms with van der Waals surface area (Å²) >= 11 is 0. The first-order chi connectivity index (χ1) is 7.77. The molecule has 1 rings (SSSR count). The van der Waals surface area contributed by atoms with Crippen molar-refractivity contribution in [3.8, 4) is 0 Å². The molecule has 1 unspecified atom stereocenters. The Hall–Kier alpha value is -1.25. The van der Waals surface area contributed by atoms with Crippen LogP contribution >= 0.6 is 0 Å². The number of rotatable bonds is 7. The molecule has 1 aromatic rings. The molecule has 0 aromatic carbocycles. The molecule has 1 atom stereocenters. The van der Waals surface area contributed by atoms with E-state index in [1.807, 2.05) is 12.1 Å². The first-order valence-electron chi connectivity index (χ1n) is 6.25. The van der Waals surface area contributed by atoms with Crippen LogP contribution in [0.1, 0.15) is 46.0 Å². The Balaban J connectivity index is 2.46. The standard InChI is InChI=1S/C13H23N3/c1-3-5-6-8-11(4-2)16-13-12(14)9-7-10-15-13/h7,9-11H,3-6,8,14H2,1-2H3,(H,15,16). The fraction of sp³-hybridized carbons (Fsp3) is 0.615. The maximum absolute atomic E-state index is 5.85. The van der Waals surface area contributed by atoms with Crippen LogP contribution in [-0.4, -0.2) is 11.0 Å². The van der Waals surface area contributed by atoms with Crippen LogP contribution in [0.2, 0.25) is 0 Å². The van der Waals surface area contributed by atoms with Crippen molar-refractivity contribution < 1.29 is 0 Å². The molecule has 0 bridgehead atoms. The second-order valence-electron chi connectivity index (χ2n) is 4.19. The number of nitrogens with one attached hydrogen (secondary N) is 1. The summed E-state index contributed by atoms with van der Waals surface area (Å²) < 4.78 is 0. The maximum atomic E-state index is 5.85. The Labute approximate surface area is 98.5 Å². The van der Waals surface area contributed by atoms with Gasteiger partial charge in [-0.25, -0.2) is 4.98 Å². The van der Waals surface area contributed by atoms with Crippen LogP contribution in [0.25, 0.3) is 0 Å². The Morgan fingerprint density at radius 1 is 1.38 bits per heavy atom. The number of nitrogens with two attached hydrogens (primary N) is 1. The Morgan fingerprint density at radius 2 is 2.19 bits per heavy atom. The summed E-state index contributed by atoms with van der Waals surface area (Å²) in [7, 11) is 0. The number of nitrogen functional groups attached to an aromatic ring is 1. The van der Waals surface area contributed by atoms with E-state index in [1.54, 1.807) is 6.20 Å². The third kappa shape index (κ3) is 4.09. The Kier molecular flexibility index (Phi) is 5.68. The minimum atomic E-state index is 0.490. The average molecular weight is 221 g/mol. The second kappa shape index (κ2) is 7.09. The molecule has 0 radical (unpaired) electrons. The summed E-state index contributed by atoms with van der Waals surface area (Å²) in [5.74, 6) is 0.825. The minimum absolute atomic E-state index is 0.490. The molecular weight excluding hydrogens is 198 g/mol. The number of unbranched alkanes of at least 4 members (excludes halogenated alkanes) is 2. The summed E-state index contributed by atoms with van der Waals surface area (Å²) in [5, 5.41) is 3.42. The first-order valence-corrected chi connectivity index (χ1v) is 6.25. The molecule has 3 heteroatoms. The fourth-order valence-corrected chi connectivity index (χ4v) is 1.75. The van der Waals surface area contributed by atoms with Crippen LogP contribution in [0.4, 0.5) is 11.5 Å². The Bertz CT molecular complexity index is 299. The van der Waals surface area contributed by atoms with Crippen LogP contribution in [0.15, 0.2) is 18.3 Å². The lowest BCUT2D eigenvalue weighted by Crippen LogP contribution is -2.19. The van der Waals surface area contributed by atoms with Crippen molar-refractivity contribution >= 4 is 11.5 Å². The fourth-order valence-electron chi connectivity index (χ4n) is 1.75. The van der Waals surface area contributed by atoms with Crippen molar-refractivity contribution in [2.45, 2.75) is 52.0 Å². The number of hydrogen-bond donors (Lipinski definition) is 2. The van der Waals surface area contributed by atoms with Gasteiger partial charge in [-0.3, -0.25) is 0 Å². The van der Waals surface area contributed by atoms with Crippen LogP contribution in [0.5, 0.6) is 0 Å².